The highest BCUT2D eigenvalue weighted by Gasteiger charge is 2.38. The molecule has 0 aliphatic heterocycles. The molecule has 0 spiro atoms. The number of aliphatic carboxylic acids is 1. The zero-order valence-electron chi connectivity index (χ0n) is 10.6. The lowest BCUT2D eigenvalue weighted by molar-refractivity contribution is -0.140. The monoisotopic (exact) mass is 365 g/mol. The molecule has 2 rings (SSSR count). The van der Waals surface area contributed by atoms with Crippen molar-refractivity contribution in [2.75, 3.05) is 0 Å². The molecule has 1 aliphatic rings. The number of amides is 1. The second-order valence-corrected chi connectivity index (χ2v) is 5.67. The first-order chi connectivity index (χ1) is 9.70. The van der Waals surface area contributed by atoms with Crippen LogP contribution in [0.15, 0.2) is 22.7 Å². The molecule has 0 saturated heterocycles. The Morgan fingerprint density at radius 1 is 1.33 bits per heavy atom. The zero-order chi connectivity index (χ0) is 15.8. The maximum Gasteiger partial charge on any atom is 0.417 e. The fraction of sp³-hybridized carbons (Fsp3) is 0.385. The van der Waals surface area contributed by atoms with Gasteiger partial charge in [-0.25, -0.2) is 4.79 Å². The van der Waals surface area contributed by atoms with Crippen LogP contribution in [0.25, 0.3) is 0 Å². The van der Waals surface area contributed by atoms with Gasteiger partial charge in [0.1, 0.15) is 6.04 Å². The minimum atomic E-state index is -4.60. The van der Waals surface area contributed by atoms with E-state index in [9.17, 15) is 22.8 Å². The summed E-state index contributed by atoms with van der Waals surface area (Å²) in [6, 6.07) is 1.96. The molecular formula is C13H11BrF3NO3. The summed E-state index contributed by atoms with van der Waals surface area (Å²) in [6.07, 6.45) is -3.23. The molecule has 1 fully saturated rings. The molecule has 21 heavy (non-hydrogen) atoms. The highest BCUT2D eigenvalue weighted by Crippen LogP contribution is 2.36. The van der Waals surface area contributed by atoms with Crippen LogP contribution in [0, 0.1) is 5.92 Å². The van der Waals surface area contributed by atoms with Crippen molar-refractivity contribution in [3.63, 3.8) is 0 Å². The first kappa shape index (κ1) is 15.8. The lowest BCUT2D eigenvalue weighted by Gasteiger charge is -2.15. The predicted molar refractivity (Wildman–Crippen MR) is 70.8 cm³/mol. The molecule has 4 nitrogen and oxygen atoms in total. The van der Waals surface area contributed by atoms with E-state index >= 15 is 0 Å². The maximum absolute atomic E-state index is 12.8. The Bertz CT molecular complexity index is 585. The number of benzene rings is 1. The van der Waals surface area contributed by atoms with E-state index in [4.69, 9.17) is 5.11 Å². The average molecular weight is 366 g/mol. The topological polar surface area (TPSA) is 66.4 Å². The van der Waals surface area contributed by atoms with Crippen molar-refractivity contribution >= 4 is 27.8 Å². The summed E-state index contributed by atoms with van der Waals surface area (Å²) < 4.78 is 38.1. The summed E-state index contributed by atoms with van der Waals surface area (Å²) in [5.74, 6) is -2.16. The molecule has 1 aromatic rings. The predicted octanol–water partition coefficient (Wildman–Crippen LogP) is 3.06. The van der Waals surface area contributed by atoms with Crippen LogP contribution in [0.1, 0.15) is 28.8 Å². The fourth-order valence-electron chi connectivity index (χ4n) is 1.92. The second-order valence-electron chi connectivity index (χ2n) is 4.82. The Labute approximate surface area is 126 Å². The first-order valence-corrected chi connectivity index (χ1v) is 6.90. The van der Waals surface area contributed by atoms with Gasteiger partial charge in [-0.1, -0.05) is 15.9 Å². The van der Waals surface area contributed by atoms with Gasteiger partial charge < -0.3 is 10.4 Å². The number of rotatable bonds is 4. The fourth-order valence-corrected chi connectivity index (χ4v) is 2.39. The van der Waals surface area contributed by atoms with E-state index in [1.807, 2.05) is 0 Å². The standard InChI is InChI=1S/C13H11BrF3NO3/c14-9-4-3-7(5-8(9)13(15,16)17)11(19)18-10(12(20)21)6-1-2-6/h3-6,10H,1-2H2,(H,18,19)(H,20,21). The Balaban J connectivity index is 2.21. The average Bonchev–Trinajstić information content (AvgIpc) is 3.18. The molecular weight excluding hydrogens is 355 g/mol. The van der Waals surface area contributed by atoms with Crippen LogP contribution in [0.2, 0.25) is 0 Å². The van der Waals surface area contributed by atoms with E-state index in [1.54, 1.807) is 0 Å². The molecule has 1 atom stereocenters. The highest BCUT2D eigenvalue weighted by atomic mass is 79.9. The number of carbonyl (C=O) groups excluding carboxylic acids is 1. The molecule has 1 saturated carbocycles. The Kier molecular flexibility index (Phi) is 4.27. The van der Waals surface area contributed by atoms with Crippen molar-refractivity contribution in [2.24, 2.45) is 5.92 Å². The number of carboxylic acids is 1. The number of carboxylic acid groups (broad SMARTS) is 1. The van der Waals surface area contributed by atoms with Gasteiger partial charge >= 0.3 is 12.1 Å². The van der Waals surface area contributed by atoms with Crippen LogP contribution < -0.4 is 5.32 Å². The molecule has 2 N–H and O–H groups in total. The molecule has 1 amide bonds. The van der Waals surface area contributed by atoms with Crippen molar-refractivity contribution in [2.45, 2.75) is 25.1 Å². The summed E-state index contributed by atoms with van der Waals surface area (Å²) in [4.78, 5) is 23.0. The van der Waals surface area contributed by atoms with E-state index in [0.717, 1.165) is 6.07 Å². The van der Waals surface area contributed by atoms with E-state index in [1.165, 1.54) is 6.07 Å². The summed E-state index contributed by atoms with van der Waals surface area (Å²) in [6.45, 7) is 0. The second kappa shape index (κ2) is 5.67. The number of nitrogens with one attached hydrogen (secondary N) is 1. The van der Waals surface area contributed by atoms with Gasteiger partial charge in [0, 0.05) is 10.0 Å². The van der Waals surface area contributed by atoms with E-state index in [0.29, 0.717) is 18.9 Å². The van der Waals surface area contributed by atoms with Crippen LogP contribution in [-0.2, 0) is 11.0 Å². The van der Waals surface area contributed by atoms with Crippen molar-refractivity contribution < 1.29 is 27.9 Å². The van der Waals surface area contributed by atoms with Crippen LogP contribution in [0.5, 0.6) is 0 Å². The lowest BCUT2D eigenvalue weighted by Crippen LogP contribution is -2.42. The highest BCUT2D eigenvalue weighted by molar-refractivity contribution is 9.10. The molecule has 0 aromatic heterocycles. The normalized spacial score (nSPS) is 16.4. The minimum Gasteiger partial charge on any atom is -0.480 e. The van der Waals surface area contributed by atoms with Crippen LogP contribution in [0.3, 0.4) is 0 Å². The maximum atomic E-state index is 12.8. The number of alkyl halides is 3. The molecule has 1 aliphatic carbocycles. The molecule has 114 valence electrons. The van der Waals surface area contributed by atoms with E-state index in [-0.39, 0.29) is 16.0 Å². The summed E-state index contributed by atoms with van der Waals surface area (Å²) in [5, 5.41) is 11.3. The zero-order valence-corrected chi connectivity index (χ0v) is 12.2. The van der Waals surface area contributed by atoms with Gasteiger partial charge in [0.25, 0.3) is 5.91 Å². The van der Waals surface area contributed by atoms with Gasteiger partial charge in [0.05, 0.1) is 5.56 Å². The van der Waals surface area contributed by atoms with E-state index in [2.05, 4.69) is 21.2 Å². The van der Waals surface area contributed by atoms with E-state index < -0.39 is 29.7 Å². The Morgan fingerprint density at radius 3 is 2.43 bits per heavy atom. The molecule has 0 heterocycles. The quantitative estimate of drug-likeness (QED) is 0.861. The van der Waals surface area contributed by atoms with Gasteiger partial charge in [-0.2, -0.15) is 13.2 Å². The molecule has 0 radical (unpaired) electrons. The molecule has 1 aromatic carbocycles. The Hall–Kier alpha value is -1.57. The first-order valence-electron chi connectivity index (χ1n) is 6.10. The van der Waals surface area contributed by atoms with Gasteiger partial charge in [0.2, 0.25) is 0 Å². The van der Waals surface area contributed by atoms with Crippen molar-refractivity contribution in [3.8, 4) is 0 Å². The van der Waals surface area contributed by atoms with Crippen molar-refractivity contribution in [1.29, 1.82) is 0 Å². The largest absolute Gasteiger partial charge is 0.480 e. The van der Waals surface area contributed by atoms with Gasteiger partial charge in [-0.05, 0) is 37.0 Å². The number of carbonyl (C=O) groups is 2. The summed E-state index contributed by atoms with van der Waals surface area (Å²) >= 11 is 2.78. The van der Waals surface area contributed by atoms with Crippen LogP contribution in [0.4, 0.5) is 13.2 Å². The van der Waals surface area contributed by atoms with Crippen molar-refractivity contribution in [3.05, 3.63) is 33.8 Å². The molecule has 8 heteroatoms. The molecule has 1 unspecified atom stereocenters. The minimum absolute atomic E-state index is 0.149. The Morgan fingerprint density at radius 2 is 1.95 bits per heavy atom. The number of halogens is 4. The van der Waals surface area contributed by atoms with Crippen LogP contribution in [-0.4, -0.2) is 23.0 Å². The smallest absolute Gasteiger partial charge is 0.417 e. The SMILES string of the molecule is O=C(NC(C(=O)O)C1CC1)c1ccc(Br)c(C(F)(F)F)c1. The molecule has 0 bridgehead atoms. The third-order valence-electron chi connectivity index (χ3n) is 3.18. The van der Waals surface area contributed by atoms with Gasteiger partial charge in [-0.3, -0.25) is 4.79 Å². The lowest BCUT2D eigenvalue weighted by atomic mass is 10.1. The van der Waals surface area contributed by atoms with Gasteiger partial charge in [-0.15, -0.1) is 0 Å². The van der Waals surface area contributed by atoms with Gasteiger partial charge in [0.15, 0.2) is 0 Å². The third-order valence-corrected chi connectivity index (χ3v) is 3.87. The number of hydrogen-bond donors (Lipinski definition) is 2. The number of hydrogen-bond acceptors (Lipinski definition) is 2. The van der Waals surface area contributed by atoms with Crippen molar-refractivity contribution in [1.82, 2.24) is 5.32 Å². The summed E-state index contributed by atoms with van der Waals surface area (Å²) in [5.41, 5.74) is -1.20. The van der Waals surface area contributed by atoms with Crippen LogP contribution >= 0.6 is 15.9 Å². The summed E-state index contributed by atoms with van der Waals surface area (Å²) in [7, 11) is 0. The third kappa shape index (κ3) is 3.75.